The van der Waals surface area contributed by atoms with Crippen LogP contribution < -0.4 is 16.2 Å². The van der Waals surface area contributed by atoms with Gasteiger partial charge in [0.1, 0.15) is 11.3 Å². The molecule has 5 nitrogen and oxygen atoms in total. The molecule has 1 fully saturated rings. The first-order valence-electron chi connectivity index (χ1n) is 8.37. The van der Waals surface area contributed by atoms with E-state index in [1.807, 2.05) is 0 Å². The minimum Gasteiger partial charge on any atom is -0.381 e. The zero-order chi connectivity index (χ0) is 20.8. The first-order valence-corrected chi connectivity index (χ1v) is 9.13. The van der Waals surface area contributed by atoms with Crippen molar-refractivity contribution in [3.63, 3.8) is 0 Å². The highest BCUT2D eigenvalue weighted by atomic mass is 35.5. The van der Waals surface area contributed by atoms with E-state index >= 15 is 0 Å². The minimum atomic E-state index is -0.637. The van der Waals surface area contributed by atoms with Crippen LogP contribution in [0.3, 0.4) is 0 Å². The summed E-state index contributed by atoms with van der Waals surface area (Å²) >= 11 is 10.6. The Morgan fingerprint density at radius 1 is 1.43 bits per heavy atom. The number of halogens is 4. The maximum Gasteiger partial charge on any atom is 0.261 e. The third kappa shape index (κ3) is 5.89. The summed E-state index contributed by atoms with van der Waals surface area (Å²) in [6.45, 7) is 8.02. The van der Waals surface area contributed by atoms with Gasteiger partial charge in [-0.1, -0.05) is 36.4 Å². The summed E-state index contributed by atoms with van der Waals surface area (Å²) in [4.78, 5) is 15.9. The van der Waals surface area contributed by atoms with Gasteiger partial charge in [0.15, 0.2) is 5.82 Å². The molecule has 150 valence electrons. The lowest BCUT2D eigenvalue weighted by atomic mass is 10.2. The first kappa shape index (κ1) is 22.1. The average Bonchev–Trinajstić information content (AvgIpc) is 3.11. The smallest absolute Gasteiger partial charge is 0.261 e. The molecule has 1 aliphatic rings. The van der Waals surface area contributed by atoms with Gasteiger partial charge in [-0.2, -0.15) is 0 Å². The van der Waals surface area contributed by atoms with Crippen molar-refractivity contribution in [1.82, 2.24) is 14.9 Å². The van der Waals surface area contributed by atoms with Crippen molar-refractivity contribution in [1.29, 1.82) is 0 Å². The summed E-state index contributed by atoms with van der Waals surface area (Å²) in [6.07, 6.45) is 3.32. The molecule has 0 radical (unpaired) electrons. The summed E-state index contributed by atoms with van der Waals surface area (Å²) in [6, 6.07) is 3.34. The predicted octanol–water partition coefficient (Wildman–Crippen LogP) is 4.19. The highest BCUT2D eigenvalue weighted by Crippen LogP contribution is 2.20. The van der Waals surface area contributed by atoms with Crippen LogP contribution in [0.5, 0.6) is 0 Å². The van der Waals surface area contributed by atoms with Crippen molar-refractivity contribution in [3.05, 3.63) is 69.8 Å². The molecule has 1 unspecified atom stereocenters. The Balaban J connectivity index is 0.000000266. The number of aromatic nitrogens is 2. The first-order chi connectivity index (χ1) is 13.2. The topological polar surface area (TPSA) is 59.0 Å². The van der Waals surface area contributed by atoms with Gasteiger partial charge < -0.3 is 15.2 Å². The zero-order valence-electron chi connectivity index (χ0n) is 15.2. The molecule has 2 heterocycles. The Hall–Kier alpha value is -2.22. The van der Waals surface area contributed by atoms with Gasteiger partial charge in [-0.25, -0.2) is 13.8 Å². The molecule has 2 aromatic rings. The Morgan fingerprint density at radius 2 is 2.14 bits per heavy atom. The van der Waals surface area contributed by atoms with Crippen LogP contribution in [-0.2, 0) is 7.05 Å². The van der Waals surface area contributed by atoms with Crippen LogP contribution in [-0.4, -0.2) is 28.7 Å². The summed E-state index contributed by atoms with van der Waals surface area (Å²) in [5, 5.41) is 6.96. The standard InChI is InChI=1S/C13H15FN4O.C6H5Cl2F/c1-18-7-16-12-10(13(18)19)4-9(5-11(12)14)17-8-2-3-15-6-8;1-4(9)3-6(8)5(2)7/h4-5,7-8,15,17H,2-3,6H2,1H3;3H,1-2H2/b;6-3+. The van der Waals surface area contributed by atoms with Crippen molar-refractivity contribution >= 4 is 39.8 Å². The van der Waals surface area contributed by atoms with E-state index in [4.69, 9.17) is 23.2 Å². The van der Waals surface area contributed by atoms with Gasteiger partial charge in [0.2, 0.25) is 0 Å². The van der Waals surface area contributed by atoms with Gasteiger partial charge in [-0.05, 0) is 31.2 Å². The number of nitrogens with zero attached hydrogens (tertiary/aromatic N) is 2. The minimum absolute atomic E-state index is 0.0733. The fourth-order valence-electron chi connectivity index (χ4n) is 2.59. The fourth-order valence-corrected chi connectivity index (χ4v) is 2.77. The molecule has 1 aliphatic heterocycles. The third-order valence-corrected chi connectivity index (χ3v) is 4.59. The lowest BCUT2D eigenvalue weighted by molar-refractivity contribution is 0.635. The normalized spacial score (nSPS) is 16.5. The molecule has 1 atom stereocenters. The SMILES string of the molecule is C=C(F)/C=C(/Cl)C(=C)Cl.Cn1cnc2c(F)cc(NC3CCNC3)cc2c1=O. The zero-order valence-corrected chi connectivity index (χ0v) is 16.7. The molecule has 0 spiro atoms. The van der Waals surface area contributed by atoms with Gasteiger partial charge >= 0.3 is 0 Å². The maximum absolute atomic E-state index is 14.0. The van der Waals surface area contributed by atoms with Crippen molar-refractivity contribution in [2.75, 3.05) is 18.4 Å². The number of anilines is 1. The van der Waals surface area contributed by atoms with Crippen LogP contribution in [0.2, 0.25) is 0 Å². The molecule has 1 aromatic carbocycles. The lowest BCUT2D eigenvalue weighted by Crippen LogP contribution is -2.23. The quantitative estimate of drug-likeness (QED) is 0.716. The van der Waals surface area contributed by atoms with E-state index in [9.17, 15) is 13.6 Å². The van der Waals surface area contributed by atoms with Crippen molar-refractivity contribution in [3.8, 4) is 0 Å². The largest absolute Gasteiger partial charge is 0.381 e. The second-order valence-electron chi connectivity index (χ2n) is 6.19. The summed E-state index contributed by atoms with van der Waals surface area (Å²) in [5.41, 5.74) is 0.513. The predicted molar refractivity (Wildman–Crippen MR) is 111 cm³/mol. The number of aryl methyl sites for hydroxylation is 1. The molecule has 3 rings (SSSR count). The number of nitrogens with one attached hydrogen (secondary N) is 2. The van der Waals surface area contributed by atoms with Crippen molar-refractivity contribution in [2.24, 2.45) is 7.05 Å². The lowest BCUT2D eigenvalue weighted by Gasteiger charge is -2.13. The molecule has 0 saturated carbocycles. The van der Waals surface area contributed by atoms with Crippen LogP contribution in [0, 0.1) is 5.82 Å². The molecule has 28 heavy (non-hydrogen) atoms. The van der Waals surface area contributed by atoms with Crippen LogP contribution in [0.4, 0.5) is 14.5 Å². The van der Waals surface area contributed by atoms with Crippen LogP contribution in [0.1, 0.15) is 6.42 Å². The number of rotatable bonds is 4. The van der Waals surface area contributed by atoms with Crippen LogP contribution in [0.15, 0.2) is 58.4 Å². The summed E-state index contributed by atoms with van der Waals surface area (Å²) in [7, 11) is 1.60. The van der Waals surface area contributed by atoms with Crippen molar-refractivity contribution in [2.45, 2.75) is 12.5 Å². The van der Waals surface area contributed by atoms with E-state index in [1.165, 1.54) is 17.0 Å². The van der Waals surface area contributed by atoms with Crippen molar-refractivity contribution < 1.29 is 8.78 Å². The fraction of sp³-hybridized carbons (Fsp3) is 0.263. The van der Waals surface area contributed by atoms with E-state index in [0.29, 0.717) is 11.1 Å². The summed E-state index contributed by atoms with van der Waals surface area (Å²) < 4.78 is 27.2. The van der Waals surface area contributed by atoms with E-state index in [0.717, 1.165) is 25.6 Å². The number of benzene rings is 1. The third-order valence-electron chi connectivity index (χ3n) is 3.95. The van der Waals surface area contributed by atoms with Gasteiger partial charge in [-0.15, -0.1) is 0 Å². The Kier molecular flexibility index (Phi) is 7.74. The van der Waals surface area contributed by atoms with Gasteiger partial charge in [0.05, 0.1) is 21.8 Å². The van der Waals surface area contributed by atoms with E-state index in [2.05, 4.69) is 28.8 Å². The molecule has 0 aliphatic carbocycles. The van der Waals surface area contributed by atoms with Gasteiger partial charge in [0.25, 0.3) is 5.56 Å². The number of allylic oxidation sites excluding steroid dienone is 4. The van der Waals surface area contributed by atoms with Crippen LogP contribution in [0.25, 0.3) is 10.9 Å². The molecule has 2 N–H and O–H groups in total. The second kappa shape index (κ2) is 9.82. The van der Waals surface area contributed by atoms with Crippen LogP contribution >= 0.6 is 23.2 Å². The molecule has 1 aromatic heterocycles. The molecular formula is C19H20Cl2F2N4O. The summed E-state index contributed by atoms with van der Waals surface area (Å²) in [5.74, 6) is -1.11. The molecule has 0 amide bonds. The Bertz CT molecular complexity index is 982. The molecule has 1 saturated heterocycles. The molecule has 0 bridgehead atoms. The van der Waals surface area contributed by atoms with E-state index in [-0.39, 0.29) is 27.2 Å². The second-order valence-corrected chi connectivity index (χ2v) is 7.06. The number of hydrogen-bond acceptors (Lipinski definition) is 4. The highest BCUT2D eigenvalue weighted by molar-refractivity contribution is 6.43. The average molecular weight is 429 g/mol. The van der Waals surface area contributed by atoms with Gasteiger partial charge in [0, 0.05) is 25.3 Å². The molecule has 9 heteroatoms. The Morgan fingerprint density at radius 3 is 2.68 bits per heavy atom. The van der Waals surface area contributed by atoms with Gasteiger partial charge in [-0.3, -0.25) is 4.79 Å². The number of fused-ring (bicyclic) bond motifs is 1. The Labute approximate surface area is 171 Å². The highest BCUT2D eigenvalue weighted by Gasteiger charge is 2.16. The number of hydrogen-bond donors (Lipinski definition) is 2. The maximum atomic E-state index is 14.0. The van der Waals surface area contributed by atoms with E-state index in [1.54, 1.807) is 13.1 Å². The monoisotopic (exact) mass is 428 g/mol. The van der Waals surface area contributed by atoms with E-state index < -0.39 is 11.6 Å². The molecular weight excluding hydrogens is 409 g/mol.